The standard InChI is InChI=1S/C26H25F3N4O3S/c1-16-5-2-3-6-18(16)22-13-20(31-36-22)21-15-37-24(30-21)17-8-11-32(12-9-17)23(34)14-33-10-4-7-19(25(33)35)26(27,28)29/h2-7,10,15,17,22H,8-9,11-14H2,1H3. The predicted molar refractivity (Wildman–Crippen MR) is 133 cm³/mol. The van der Waals surface area contributed by atoms with Gasteiger partial charge in [-0.15, -0.1) is 11.3 Å². The Morgan fingerprint density at radius 3 is 2.65 bits per heavy atom. The summed E-state index contributed by atoms with van der Waals surface area (Å²) >= 11 is 1.56. The van der Waals surface area contributed by atoms with Crippen molar-refractivity contribution >= 4 is 23.0 Å². The van der Waals surface area contributed by atoms with Crippen LogP contribution in [0.3, 0.4) is 0 Å². The third kappa shape index (κ3) is 5.31. The molecule has 11 heteroatoms. The Morgan fingerprint density at radius 2 is 1.92 bits per heavy atom. The van der Waals surface area contributed by atoms with Crippen LogP contribution in [0.5, 0.6) is 0 Å². The number of carbonyl (C=O) groups is 1. The number of halogens is 3. The van der Waals surface area contributed by atoms with Crippen LogP contribution in [0.25, 0.3) is 0 Å². The molecule has 0 bridgehead atoms. The lowest BCUT2D eigenvalue weighted by Gasteiger charge is -2.31. The Balaban J connectivity index is 1.17. The third-order valence-electron chi connectivity index (χ3n) is 6.85. The van der Waals surface area contributed by atoms with Crippen molar-refractivity contribution in [1.29, 1.82) is 0 Å². The van der Waals surface area contributed by atoms with E-state index in [9.17, 15) is 22.8 Å². The van der Waals surface area contributed by atoms with Crippen LogP contribution in [0.1, 0.15) is 58.7 Å². The molecule has 0 N–H and O–H groups in total. The molecule has 2 aliphatic heterocycles. The Kier molecular flexibility index (Phi) is 6.89. The summed E-state index contributed by atoms with van der Waals surface area (Å²) in [5.41, 5.74) is 1.40. The first kappa shape index (κ1) is 25.2. The summed E-state index contributed by atoms with van der Waals surface area (Å²) in [4.78, 5) is 36.9. The summed E-state index contributed by atoms with van der Waals surface area (Å²) in [6.07, 6.45) is -1.66. The largest absolute Gasteiger partial charge is 0.421 e. The molecule has 0 aliphatic carbocycles. The molecule has 1 amide bonds. The summed E-state index contributed by atoms with van der Waals surface area (Å²) in [7, 11) is 0. The molecule has 1 unspecified atom stereocenters. The molecule has 1 fully saturated rings. The second-order valence-electron chi connectivity index (χ2n) is 9.27. The fourth-order valence-corrected chi connectivity index (χ4v) is 5.75. The summed E-state index contributed by atoms with van der Waals surface area (Å²) in [5.74, 6) is -0.200. The topological polar surface area (TPSA) is 76.8 Å². The Morgan fingerprint density at radius 1 is 1.16 bits per heavy atom. The fraction of sp³-hybridized carbons (Fsp3) is 0.385. The van der Waals surface area contributed by atoms with Gasteiger partial charge in [-0.05, 0) is 43.0 Å². The van der Waals surface area contributed by atoms with Gasteiger partial charge in [-0.2, -0.15) is 13.2 Å². The number of nitrogens with zero attached hydrogens (tertiary/aromatic N) is 4. The number of likely N-dealkylation sites (tertiary alicyclic amines) is 1. The number of aromatic nitrogens is 2. The molecule has 7 nitrogen and oxygen atoms in total. The number of piperidine rings is 1. The van der Waals surface area contributed by atoms with E-state index in [1.165, 1.54) is 6.20 Å². The number of hydrogen-bond donors (Lipinski definition) is 0. The van der Waals surface area contributed by atoms with Gasteiger partial charge in [-0.3, -0.25) is 9.59 Å². The van der Waals surface area contributed by atoms with Crippen molar-refractivity contribution in [2.75, 3.05) is 13.1 Å². The first-order chi connectivity index (χ1) is 17.7. The zero-order chi connectivity index (χ0) is 26.2. The maximum absolute atomic E-state index is 13.0. The fourth-order valence-electron chi connectivity index (χ4n) is 4.75. The molecule has 4 heterocycles. The SMILES string of the molecule is Cc1ccccc1C1CC(c2csc(C3CCN(C(=O)Cn4cccc(C(F)(F)F)c4=O)CC3)n2)=NO1. The van der Waals surface area contributed by atoms with Crippen molar-refractivity contribution in [3.8, 4) is 0 Å². The van der Waals surface area contributed by atoms with Crippen LogP contribution >= 0.6 is 11.3 Å². The van der Waals surface area contributed by atoms with Crippen molar-refractivity contribution in [2.24, 2.45) is 5.16 Å². The molecular formula is C26H25F3N4O3S. The Labute approximate surface area is 215 Å². The zero-order valence-electron chi connectivity index (χ0n) is 20.1. The van der Waals surface area contributed by atoms with Crippen LogP contribution in [0, 0.1) is 6.92 Å². The number of hydrogen-bond acceptors (Lipinski definition) is 6. The average molecular weight is 531 g/mol. The van der Waals surface area contributed by atoms with E-state index in [1.54, 1.807) is 16.2 Å². The number of aryl methyl sites for hydroxylation is 1. The van der Waals surface area contributed by atoms with Gasteiger partial charge in [-0.25, -0.2) is 4.98 Å². The minimum absolute atomic E-state index is 0.125. The third-order valence-corrected chi connectivity index (χ3v) is 7.86. The highest BCUT2D eigenvalue weighted by Crippen LogP contribution is 2.34. The highest BCUT2D eigenvalue weighted by Gasteiger charge is 2.35. The van der Waals surface area contributed by atoms with Crippen molar-refractivity contribution in [3.63, 3.8) is 0 Å². The summed E-state index contributed by atoms with van der Waals surface area (Å²) in [5, 5.41) is 7.23. The van der Waals surface area contributed by atoms with Crippen LogP contribution < -0.4 is 5.56 Å². The van der Waals surface area contributed by atoms with Gasteiger partial charge in [0.15, 0.2) is 6.10 Å². The molecule has 3 aromatic rings. The first-order valence-electron chi connectivity index (χ1n) is 12.0. The quantitative estimate of drug-likeness (QED) is 0.470. The Bertz CT molecular complexity index is 1390. The molecular weight excluding hydrogens is 505 g/mol. The number of carbonyl (C=O) groups excluding carboxylic acids is 1. The second kappa shape index (κ2) is 10.1. The van der Waals surface area contributed by atoms with E-state index in [-0.39, 0.29) is 17.9 Å². The normalized spacial score (nSPS) is 18.5. The maximum Gasteiger partial charge on any atom is 0.421 e. The smallest absolute Gasteiger partial charge is 0.387 e. The molecule has 2 aromatic heterocycles. The summed E-state index contributed by atoms with van der Waals surface area (Å²) in [6.45, 7) is 2.53. The number of pyridine rings is 1. The zero-order valence-corrected chi connectivity index (χ0v) is 20.9. The lowest BCUT2D eigenvalue weighted by molar-refractivity contribution is -0.139. The molecule has 2 aliphatic rings. The van der Waals surface area contributed by atoms with Crippen molar-refractivity contribution in [3.05, 3.63) is 85.7 Å². The van der Waals surface area contributed by atoms with E-state index < -0.39 is 23.8 Å². The van der Waals surface area contributed by atoms with Crippen LogP contribution in [0.15, 0.2) is 57.9 Å². The molecule has 0 radical (unpaired) electrons. The predicted octanol–water partition coefficient (Wildman–Crippen LogP) is 4.90. The van der Waals surface area contributed by atoms with Crippen molar-refractivity contribution in [2.45, 2.75) is 50.9 Å². The minimum Gasteiger partial charge on any atom is -0.387 e. The van der Waals surface area contributed by atoms with Gasteiger partial charge in [0.2, 0.25) is 5.91 Å². The van der Waals surface area contributed by atoms with Crippen LogP contribution in [-0.4, -0.2) is 39.2 Å². The number of thiazole rings is 1. The van der Waals surface area contributed by atoms with Crippen LogP contribution in [0.4, 0.5) is 13.2 Å². The van der Waals surface area contributed by atoms with E-state index in [0.29, 0.717) is 32.4 Å². The van der Waals surface area contributed by atoms with E-state index in [4.69, 9.17) is 9.82 Å². The summed E-state index contributed by atoms with van der Waals surface area (Å²) < 4.78 is 39.8. The molecule has 0 spiro atoms. The Hall–Kier alpha value is -3.47. The van der Waals surface area contributed by atoms with Gasteiger partial charge in [-0.1, -0.05) is 29.4 Å². The molecule has 37 heavy (non-hydrogen) atoms. The molecule has 1 aromatic carbocycles. The van der Waals surface area contributed by atoms with Gasteiger partial charge in [0.25, 0.3) is 5.56 Å². The molecule has 0 saturated carbocycles. The van der Waals surface area contributed by atoms with Crippen LogP contribution in [0.2, 0.25) is 0 Å². The highest BCUT2D eigenvalue weighted by atomic mass is 32.1. The number of oxime groups is 1. The number of benzene rings is 1. The van der Waals surface area contributed by atoms with Gasteiger partial charge in [0, 0.05) is 37.0 Å². The molecule has 1 saturated heterocycles. The number of amides is 1. The van der Waals surface area contributed by atoms with Crippen LogP contribution in [-0.2, 0) is 22.4 Å². The molecule has 1 atom stereocenters. The number of alkyl halides is 3. The van der Waals surface area contributed by atoms with E-state index in [0.717, 1.165) is 44.2 Å². The molecule has 5 rings (SSSR count). The monoisotopic (exact) mass is 530 g/mol. The second-order valence-corrected chi connectivity index (χ2v) is 10.2. The van der Waals surface area contributed by atoms with Gasteiger partial charge < -0.3 is 14.3 Å². The van der Waals surface area contributed by atoms with Crippen molar-refractivity contribution < 1.29 is 22.8 Å². The highest BCUT2D eigenvalue weighted by molar-refractivity contribution is 7.10. The minimum atomic E-state index is -4.76. The van der Waals surface area contributed by atoms with E-state index in [1.807, 2.05) is 36.6 Å². The van der Waals surface area contributed by atoms with E-state index >= 15 is 0 Å². The number of rotatable bonds is 5. The lowest BCUT2D eigenvalue weighted by Crippen LogP contribution is -2.41. The maximum atomic E-state index is 13.0. The average Bonchev–Trinajstić information content (AvgIpc) is 3.55. The van der Waals surface area contributed by atoms with Gasteiger partial charge >= 0.3 is 6.18 Å². The van der Waals surface area contributed by atoms with E-state index in [2.05, 4.69) is 5.16 Å². The van der Waals surface area contributed by atoms with Crippen molar-refractivity contribution in [1.82, 2.24) is 14.5 Å². The first-order valence-corrected chi connectivity index (χ1v) is 12.9. The summed E-state index contributed by atoms with van der Waals surface area (Å²) in [6, 6.07) is 9.93. The van der Waals surface area contributed by atoms with Gasteiger partial charge in [0.05, 0.1) is 10.7 Å². The lowest BCUT2D eigenvalue weighted by atomic mass is 9.97. The molecule has 194 valence electrons. The van der Waals surface area contributed by atoms with Gasteiger partial charge in [0.1, 0.15) is 17.8 Å².